The zero-order valence-electron chi connectivity index (χ0n) is 15.5. The van der Waals surface area contributed by atoms with Crippen LogP contribution >= 0.6 is 11.3 Å². The van der Waals surface area contributed by atoms with Gasteiger partial charge in [-0.2, -0.15) is 0 Å². The number of nitrogens with zero attached hydrogens (tertiary/aromatic N) is 2. The molecule has 1 amide bonds. The van der Waals surface area contributed by atoms with Crippen molar-refractivity contribution in [2.45, 2.75) is 13.3 Å². The zero-order valence-corrected chi connectivity index (χ0v) is 16.3. The second kappa shape index (κ2) is 10.3. The van der Waals surface area contributed by atoms with E-state index in [9.17, 15) is 4.79 Å². The third-order valence-electron chi connectivity index (χ3n) is 3.55. The number of ether oxygens (including phenoxy) is 3. The number of carbonyl (C=O) groups excluding carboxylic acids is 1. The molecule has 3 aromatic rings. The van der Waals surface area contributed by atoms with Crippen LogP contribution in [0.15, 0.2) is 54.6 Å². The van der Waals surface area contributed by atoms with Crippen molar-refractivity contribution in [3.05, 3.63) is 59.6 Å². The molecular weight excluding hydrogens is 378 g/mol. The molecule has 0 fully saturated rings. The van der Waals surface area contributed by atoms with Gasteiger partial charge in [0.2, 0.25) is 5.13 Å². The summed E-state index contributed by atoms with van der Waals surface area (Å²) in [5.74, 6) is 1.87. The molecule has 146 valence electrons. The van der Waals surface area contributed by atoms with E-state index in [0.29, 0.717) is 30.5 Å². The Morgan fingerprint density at radius 2 is 1.61 bits per heavy atom. The Bertz CT molecular complexity index is 869. The fourth-order valence-corrected chi connectivity index (χ4v) is 3.02. The first-order valence-corrected chi connectivity index (χ1v) is 9.70. The predicted molar refractivity (Wildman–Crippen MR) is 107 cm³/mol. The first kappa shape index (κ1) is 19.6. The number of hydrogen-bond acceptors (Lipinski definition) is 7. The summed E-state index contributed by atoms with van der Waals surface area (Å²) in [6.07, 6.45) is 0.616. The molecule has 0 bridgehead atoms. The molecule has 0 saturated carbocycles. The van der Waals surface area contributed by atoms with Crippen LogP contribution in [0.5, 0.6) is 17.2 Å². The summed E-state index contributed by atoms with van der Waals surface area (Å²) in [7, 11) is 0. The lowest BCUT2D eigenvalue weighted by Crippen LogP contribution is -2.20. The monoisotopic (exact) mass is 399 g/mol. The van der Waals surface area contributed by atoms with Crippen LogP contribution in [0, 0.1) is 0 Å². The Morgan fingerprint density at radius 3 is 2.32 bits per heavy atom. The Hall–Kier alpha value is -3.13. The van der Waals surface area contributed by atoms with Crippen LogP contribution in [0.4, 0.5) is 5.13 Å². The maximum absolute atomic E-state index is 12.0. The zero-order chi connectivity index (χ0) is 19.6. The highest BCUT2D eigenvalue weighted by molar-refractivity contribution is 7.15. The molecule has 0 atom stereocenters. The molecule has 0 saturated heterocycles. The molecular formula is C20H21N3O4S. The fraction of sp³-hybridized carbons (Fsp3) is 0.250. The third kappa shape index (κ3) is 6.24. The van der Waals surface area contributed by atoms with Gasteiger partial charge in [0.25, 0.3) is 5.91 Å². The van der Waals surface area contributed by atoms with Crippen molar-refractivity contribution >= 4 is 22.4 Å². The molecule has 0 radical (unpaired) electrons. The minimum atomic E-state index is -0.294. The molecule has 8 heteroatoms. The number of hydrogen-bond donors (Lipinski definition) is 1. The van der Waals surface area contributed by atoms with Crippen molar-refractivity contribution in [1.29, 1.82) is 0 Å². The minimum absolute atomic E-state index is 0.111. The van der Waals surface area contributed by atoms with Crippen LogP contribution in [0.25, 0.3) is 0 Å². The number of amides is 1. The molecule has 3 rings (SSSR count). The van der Waals surface area contributed by atoms with Crippen LogP contribution < -0.4 is 19.5 Å². The molecule has 0 spiro atoms. The largest absolute Gasteiger partial charge is 0.494 e. The first-order chi connectivity index (χ1) is 13.7. The summed E-state index contributed by atoms with van der Waals surface area (Å²) in [5.41, 5.74) is 0. The summed E-state index contributed by atoms with van der Waals surface area (Å²) in [6.45, 7) is 2.90. The van der Waals surface area contributed by atoms with Gasteiger partial charge in [0.05, 0.1) is 13.2 Å². The first-order valence-electron chi connectivity index (χ1n) is 8.88. The topological polar surface area (TPSA) is 82.6 Å². The highest BCUT2D eigenvalue weighted by Gasteiger charge is 2.09. The average molecular weight is 399 g/mol. The van der Waals surface area contributed by atoms with E-state index in [1.807, 2.05) is 37.3 Å². The van der Waals surface area contributed by atoms with E-state index < -0.39 is 0 Å². The smallest absolute Gasteiger partial charge is 0.264 e. The fourth-order valence-electron chi connectivity index (χ4n) is 2.28. The summed E-state index contributed by atoms with van der Waals surface area (Å²) in [4.78, 5) is 12.0. The molecule has 1 aromatic heterocycles. The van der Waals surface area contributed by atoms with Gasteiger partial charge in [-0.05, 0) is 43.3 Å². The second-order valence-electron chi connectivity index (χ2n) is 5.65. The molecule has 0 unspecified atom stereocenters. The Morgan fingerprint density at radius 1 is 0.929 bits per heavy atom. The van der Waals surface area contributed by atoms with Crippen LogP contribution in [-0.4, -0.2) is 35.9 Å². The van der Waals surface area contributed by atoms with E-state index in [0.717, 1.165) is 16.5 Å². The van der Waals surface area contributed by atoms with Crippen molar-refractivity contribution in [2.75, 3.05) is 25.1 Å². The summed E-state index contributed by atoms with van der Waals surface area (Å²) in [6, 6.07) is 16.7. The molecule has 0 aliphatic carbocycles. The molecule has 0 aliphatic rings. The van der Waals surface area contributed by atoms with E-state index in [-0.39, 0.29) is 12.5 Å². The lowest BCUT2D eigenvalue weighted by Gasteiger charge is -2.07. The van der Waals surface area contributed by atoms with Crippen molar-refractivity contribution < 1.29 is 19.0 Å². The number of rotatable bonds is 10. The van der Waals surface area contributed by atoms with E-state index in [4.69, 9.17) is 14.2 Å². The Kier molecular flexibility index (Phi) is 7.20. The SMILES string of the molecule is CCOc1ccc(OCC(=O)Nc2nnc(CCOc3ccccc3)s2)cc1. The van der Waals surface area contributed by atoms with Gasteiger partial charge >= 0.3 is 0 Å². The van der Waals surface area contributed by atoms with Crippen LogP contribution in [0.2, 0.25) is 0 Å². The van der Waals surface area contributed by atoms with Gasteiger partial charge in [-0.3, -0.25) is 10.1 Å². The quantitative estimate of drug-likeness (QED) is 0.561. The van der Waals surface area contributed by atoms with E-state index in [1.54, 1.807) is 24.3 Å². The van der Waals surface area contributed by atoms with Crippen LogP contribution in [-0.2, 0) is 11.2 Å². The van der Waals surface area contributed by atoms with Gasteiger partial charge in [-0.15, -0.1) is 10.2 Å². The molecule has 1 heterocycles. The number of nitrogens with one attached hydrogen (secondary N) is 1. The van der Waals surface area contributed by atoms with E-state index >= 15 is 0 Å². The molecule has 7 nitrogen and oxygen atoms in total. The summed E-state index contributed by atoms with van der Waals surface area (Å²) >= 11 is 1.32. The maximum Gasteiger partial charge on any atom is 0.264 e. The minimum Gasteiger partial charge on any atom is -0.494 e. The maximum atomic E-state index is 12.0. The second-order valence-corrected chi connectivity index (χ2v) is 6.72. The van der Waals surface area contributed by atoms with Crippen LogP contribution in [0.1, 0.15) is 11.9 Å². The Balaban J connectivity index is 1.39. The lowest BCUT2D eigenvalue weighted by atomic mass is 10.3. The number of aromatic nitrogens is 2. The van der Waals surface area contributed by atoms with Crippen molar-refractivity contribution in [3.8, 4) is 17.2 Å². The van der Waals surface area contributed by atoms with Gasteiger partial charge in [0.15, 0.2) is 6.61 Å². The predicted octanol–water partition coefficient (Wildman–Crippen LogP) is 3.58. The van der Waals surface area contributed by atoms with E-state index in [1.165, 1.54) is 11.3 Å². The summed E-state index contributed by atoms with van der Waals surface area (Å²) in [5, 5.41) is 12.0. The third-order valence-corrected chi connectivity index (χ3v) is 4.44. The molecule has 1 N–H and O–H groups in total. The van der Waals surface area contributed by atoms with Crippen LogP contribution in [0.3, 0.4) is 0 Å². The number of para-hydroxylation sites is 1. The van der Waals surface area contributed by atoms with Gasteiger partial charge in [0.1, 0.15) is 22.3 Å². The van der Waals surface area contributed by atoms with Crippen molar-refractivity contribution in [2.24, 2.45) is 0 Å². The van der Waals surface area contributed by atoms with Gasteiger partial charge in [0, 0.05) is 6.42 Å². The molecule has 0 aliphatic heterocycles. The number of carbonyl (C=O) groups is 1. The van der Waals surface area contributed by atoms with Gasteiger partial charge in [-0.1, -0.05) is 29.5 Å². The lowest BCUT2D eigenvalue weighted by molar-refractivity contribution is -0.118. The number of anilines is 1. The molecule has 28 heavy (non-hydrogen) atoms. The van der Waals surface area contributed by atoms with Gasteiger partial charge < -0.3 is 14.2 Å². The standard InChI is InChI=1S/C20H21N3O4S/c1-2-25-16-8-10-17(11-9-16)27-14-18(24)21-20-23-22-19(28-20)12-13-26-15-6-4-3-5-7-15/h3-11H,2,12-14H2,1H3,(H,21,23,24). The highest BCUT2D eigenvalue weighted by atomic mass is 32.1. The van der Waals surface area contributed by atoms with Crippen molar-refractivity contribution in [3.63, 3.8) is 0 Å². The highest BCUT2D eigenvalue weighted by Crippen LogP contribution is 2.19. The average Bonchev–Trinajstić information content (AvgIpc) is 3.15. The van der Waals surface area contributed by atoms with E-state index in [2.05, 4.69) is 15.5 Å². The van der Waals surface area contributed by atoms with Gasteiger partial charge in [-0.25, -0.2) is 0 Å². The summed E-state index contributed by atoms with van der Waals surface area (Å²) < 4.78 is 16.5. The number of benzene rings is 2. The molecule has 2 aromatic carbocycles. The normalized spacial score (nSPS) is 10.3. The Labute approximate surface area is 167 Å². The van der Waals surface area contributed by atoms with Crippen molar-refractivity contribution in [1.82, 2.24) is 10.2 Å².